The van der Waals surface area contributed by atoms with Crippen molar-refractivity contribution in [2.45, 2.75) is 44.4 Å². The molecule has 0 aromatic heterocycles. The molecule has 1 aliphatic carbocycles. The molecule has 0 bridgehead atoms. The summed E-state index contributed by atoms with van der Waals surface area (Å²) in [4.78, 5) is 0.0877. The first-order valence-corrected chi connectivity index (χ1v) is 8.87. The molecule has 0 unspecified atom stereocenters. The Balaban J connectivity index is 2.27. The molecule has 1 aromatic rings. The van der Waals surface area contributed by atoms with Gasteiger partial charge < -0.3 is 4.74 Å². The van der Waals surface area contributed by atoms with E-state index in [1.165, 1.54) is 12.8 Å². The van der Waals surface area contributed by atoms with E-state index in [0.717, 1.165) is 24.0 Å². The van der Waals surface area contributed by atoms with E-state index >= 15 is 0 Å². The molecule has 0 radical (unpaired) electrons. The molecule has 1 fully saturated rings. The van der Waals surface area contributed by atoms with Crippen LogP contribution >= 0.6 is 10.7 Å². The fourth-order valence-corrected chi connectivity index (χ4v) is 3.77. The Hall–Kier alpha value is -0.740. The molecule has 0 N–H and O–H groups in total. The maximum Gasteiger partial charge on any atom is 0.265 e. The summed E-state index contributed by atoms with van der Waals surface area (Å²) >= 11 is 0. The third-order valence-corrected chi connectivity index (χ3v) is 4.91. The van der Waals surface area contributed by atoms with E-state index in [2.05, 4.69) is 0 Å². The second-order valence-electron chi connectivity index (χ2n) is 5.31. The lowest BCUT2D eigenvalue weighted by molar-refractivity contribution is 0.245. The fourth-order valence-electron chi connectivity index (χ4n) is 2.66. The van der Waals surface area contributed by atoms with E-state index in [4.69, 9.17) is 15.4 Å². The second kappa shape index (κ2) is 5.71. The Morgan fingerprint density at radius 1 is 1.26 bits per heavy atom. The SMILES string of the molecule is Cc1cc(C)c(OCC2CCCC2)c(S(=O)(=O)Cl)c1. The highest BCUT2D eigenvalue weighted by molar-refractivity contribution is 8.13. The summed E-state index contributed by atoms with van der Waals surface area (Å²) in [6, 6.07) is 3.48. The van der Waals surface area contributed by atoms with E-state index in [0.29, 0.717) is 18.3 Å². The van der Waals surface area contributed by atoms with Crippen LogP contribution in [-0.4, -0.2) is 15.0 Å². The summed E-state index contributed by atoms with van der Waals surface area (Å²) in [5.74, 6) is 0.944. The van der Waals surface area contributed by atoms with Gasteiger partial charge in [0.1, 0.15) is 10.6 Å². The molecule has 0 amide bonds. The third kappa shape index (κ3) is 3.63. The van der Waals surface area contributed by atoms with Gasteiger partial charge in [0.2, 0.25) is 0 Å². The van der Waals surface area contributed by atoms with Gasteiger partial charge in [0, 0.05) is 10.7 Å². The number of halogens is 1. The predicted molar refractivity (Wildman–Crippen MR) is 76.4 cm³/mol. The van der Waals surface area contributed by atoms with Crippen LogP contribution < -0.4 is 4.74 Å². The van der Waals surface area contributed by atoms with Crippen molar-refractivity contribution in [3.8, 4) is 5.75 Å². The Bertz CT molecular complexity index is 560. The van der Waals surface area contributed by atoms with E-state index in [1.54, 1.807) is 6.07 Å². The van der Waals surface area contributed by atoms with Crippen LogP contribution in [0, 0.1) is 19.8 Å². The van der Waals surface area contributed by atoms with Gasteiger partial charge in [0.05, 0.1) is 6.61 Å². The molecular formula is C14H19ClO3S. The number of ether oxygens (including phenoxy) is 1. The van der Waals surface area contributed by atoms with Crippen molar-refractivity contribution in [3.05, 3.63) is 23.3 Å². The predicted octanol–water partition coefficient (Wildman–Crippen LogP) is 3.80. The zero-order valence-electron chi connectivity index (χ0n) is 11.3. The van der Waals surface area contributed by atoms with Gasteiger partial charge in [-0.3, -0.25) is 0 Å². The topological polar surface area (TPSA) is 43.4 Å². The third-order valence-electron chi connectivity index (χ3n) is 3.59. The van der Waals surface area contributed by atoms with Crippen molar-refractivity contribution in [2.24, 2.45) is 5.92 Å². The largest absolute Gasteiger partial charge is 0.492 e. The lowest BCUT2D eigenvalue weighted by Crippen LogP contribution is -2.11. The summed E-state index contributed by atoms with van der Waals surface area (Å²) in [6.45, 7) is 4.27. The first-order chi connectivity index (χ1) is 8.88. The van der Waals surface area contributed by atoms with Crippen LogP contribution in [0.1, 0.15) is 36.8 Å². The van der Waals surface area contributed by atoms with Gasteiger partial charge in [-0.1, -0.05) is 18.9 Å². The maximum absolute atomic E-state index is 11.6. The van der Waals surface area contributed by atoms with Gasteiger partial charge in [-0.2, -0.15) is 0 Å². The van der Waals surface area contributed by atoms with Crippen molar-refractivity contribution >= 4 is 19.7 Å². The molecule has 0 saturated heterocycles. The van der Waals surface area contributed by atoms with Crippen LogP contribution in [0.3, 0.4) is 0 Å². The molecule has 5 heteroatoms. The number of hydrogen-bond donors (Lipinski definition) is 0. The lowest BCUT2D eigenvalue weighted by atomic mass is 10.1. The minimum absolute atomic E-state index is 0.0877. The molecule has 0 spiro atoms. The Morgan fingerprint density at radius 2 is 1.89 bits per heavy atom. The molecule has 1 aliphatic rings. The minimum Gasteiger partial charge on any atom is -0.492 e. The summed E-state index contributed by atoms with van der Waals surface area (Å²) in [5, 5.41) is 0. The van der Waals surface area contributed by atoms with Crippen molar-refractivity contribution in [3.63, 3.8) is 0 Å². The van der Waals surface area contributed by atoms with E-state index in [9.17, 15) is 8.42 Å². The normalized spacial score (nSPS) is 16.8. The quantitative estimate of drug-likeness (QED) is 0.795. The zero-order valence-corrected chi connectivity index (χ0v) is 12.9. The summed E-state index contributed by atoms with van der Waals surface area (Å²) in [7, 11) is 1.72. The van der Waals surface area contributed by atoms with Crippen LogP contribution in [-0.2, 0) is 9.05 Å². The van der Waals surface area contributed by atoms with Gasteiger partial charge in [-0.05, 0) is 49.8 Å². The van der Waals surface area contributed by atoms with E-state index in [-0.39, 0.29) is 4.90 Å². The van der Waals surface area contributed by atoms with Crippen LogP contribution in [0.25, 0.3) is 0 Å². The lowest BCUT2D eigenvalue weighted by Gasteiger charge is -2.16. The van der Waals surface area contributed by atoms with Crippen LogP contribution in [0.4, 0.5) is 0 Å². The first-order valence-electron chi connectivity index (χ1n) is 6.56. The number of aryl methyl sites for hydroxylation is 2. The average Bonchev–Trinajstić information content (AvgIpc) is 2.78. The summed E-state index contributed by atoms with van der Waals surface area (Å²) < 4.78 is 29.0. The maximum atomic E-state index is 11.6. The standard InChI is InChI=1S/C14H19ClO3S/c1-10-7-11(2)14(13(8-10)19(15,16)17)18-9-12-5-3-4-6-12/h7-8,12H,3-6,9H2,1-2H3. The molecule has 1 aromatic carbocycles. The highest BCUT2D eigenvalue weighted by Gasteiger charge is 2.22. The average molecular weight is 303 g/mol. The monoisotopic (exact) mass is 302 g/mol. The molecule has 2 rings (SSSR count). The Labute approximate surface area is 119 Å². The molecule has 19 heavy (non-hydrogen) atoms. The number of benzene rings is 1. The Kier molecular flexibility index (Phi) is 4.41. The molecule has 106 valence electrons. The number of hydrogen-bond acceptors (Lipinski definition) is 3. The van der Waals surface area contributed by atoms with Crippen molar-refractivity contribution < 1.29 is 13.2 Å². The van der Waals surface area contributed by atoms with Crippen molar-refractivity contribution in [2.75, 3.05) is 6.61 Å². The molecule has 1 saturated carbocycles. The first kappa shape index (κ1) is 14.7. The molecule has 0 heterocycles. The molecule has 0 atom stereocenters. The fraction of sp³-hybridized carbons (Fsp3) is 0.571. The summed E-state index contributed by atoms with van der Waals surface area (Å²) in [6.07, 6.45) is 4.80. The molecular weight excluding hydrogens is 284 g/mol. The van der Waals surface area contributed by atoms with E-state index < -0.39 is 9.05 Å². The van der Waals surface area contributed by atoms with Crippen molar-refractivity contribution in [1.29, 1.82) is 0 Å². The van der Waals surface area contributed by atoms with Crippen LogP contribution in [0.5, 0.6) is 5.75 Å². The summed E-state index contributed by atoms with van der Waals surface area (Å²) in [5.41, 5.74) is 1.68. The highest BCUT2D eigenvalue weighted by Crippen LogP contribution is 2.33. The second-order valence-corrected chi connectivity index (χ2v) is 7.84. The Morgan fingerprint density at radius 3 is 2.47 bits per heavy atom. The van der Waals surface area contributed by atoms with E-state index in [1.807, 2.05) is 19.9 Å². The van der Waals surface area contributed by atoms with Gasteiger partial charge in [0.15, 0.2) is 0 Å². The van der Waals surface area contributed by atoms with Gasteiger partial charge in [-0.25, -0.2) is 8.42 Å². The molecule has 3 nitrogen and oxygen atoms in total. The van der Waals surface area contributed by atoms with Gasteiger partial charge >= 0.3 is 0 Å². The minimum atomic E-state index is -3.78. The molecule has 0 aliphatic heterocycles. The van der Waals surface area contributed by atoms with Crippen LogP contribution in [0.15, 0.2) is 17.0 Å². The smallest absolute Gasteiger partial charge is 0.265 e. The van der Waals surface area contributed by atoms with Gasteiger partial charge in [0.25, 0.3) is 9.05 Å². The van der Waals surface area contributed by atoms with Gasteiger partial charge in [-0.15, -0.1) is 0 Å². The zero-order chi connectivity index (χ0) is 14.0. The van der Waals surface area contributed by atoms with Crippen LogP contribution in [0.2, 0.25) is 0 Å². The number of rotatable bonds is 4. The highest BCUT2D eigenvalue weighted by atomic mass is 35.7. The van der Waals surface area contributed by atoms with Crippen molar-refractivity contribution in [1.82, 2.24) is 0 Å².